The zero-order valence-corrected chi connectivity index (χ0v) is 13.7. The molecular formula is C15H20BrN3O2. The van der Waals surface area contributed by atoms with Crippen molar-refractivity contribution in [2.24, 2.45) is 0 Å². The molecular weight excluding hydrogens is 334 g/mol. The highest BCUT2D eigenvalue weighted by molar-refractivity contribution is 9.10. The maximum Gasteiger partial charge on any atom is 0.112 e. The van der Waals surface area contributed by atoms with Crippen molar-refractivity contribution in [2.75, 3.05) is 38.8 Å². The standard InChI is InChI=1S/C15H20BrN3O2/c1-20-8-9-21-7-3-2-5-17-13-4-6-18-14-10-12(16)11-19-15(13)14/h4,6,10-11H,2-3,5,7-9H2,1H3,(H,17,18). The quantitative estimate of drug-likeness (QED) is 0.701. The van der Waals surface area contributed by atoms with Crippen LogP contribution in [0.1, 0.15) is 12.8 Å². The highest BCUT2D eigenvalue weighted by Crippen LogP contribution is 2.21. The van der Waals surface area contributed by atoms with Crippen molar-refractivity contribution < 1.29 is 9.47 Å². The van der Waals surface area contributed by atoms with E-state index in [1.165, 1.54) is 0 Å². The Morgan fingerprint density at radius 2 is 2.10 bits per heavy atom. The second-order valence-corrected chi connectivity index (χ2v) is 5.53. The fourth-order valence-corrected chi connectivity index (χ4v) is 2.26. The van der Waals surface area contributed by atoms with Crippen LogP contribution in [-0.4, -0.2) is 43.4 Å². The third-order valence-corrected chi connectivity index (χ3v) is 3.44. The molecule has 0 aliphatic heterocycles. The lowest BCUT2D eigenvalue weighted by Crippen LogP contribution is -2.06. The molecule has 0 bridgehead atoms. The van der Waals surface area contributed by atoms with Crippen LogP contribution in [0.2, 0.25) is 0 Å². The van der Waals surface area contributed by atoms with Gasteiger partial charge in [-0.3, -0.25) is 9.97 Å². The number of nitrogens with one attached hydrogen (secondary N) is 1. The normalized spacial score (nSPS) is 11.0. The molecule has 2 aromatic heterocycles. The Hall–Kier alpha value is -1.24. The van der Waals surface area contributed by atoms with E-state index in [9.17, 15) is 0 Å². The smallest absolute Gasteiger partial charge is 0.112 e. The molecule has 2 aromatic rings. The Bertz CT molecular complexity index is 566. The number of hydrogen-bond donors (Lipinski definition) is 1. The Morgan fingerprint density at radius 1 is 1.19 bits per heavy atom. The van der Waals surface area contributed by atoms with E-state index in [-0.39, 0.29) is 0 Å². The van der Waals surface area contributed by atoms with E-state index < -0.39 is 0 Å². The van der Waals surface area contributed by atoms with Gasteiger partial charge in [0.15, 0.2) is 0 Å². The van der Waals surface area contributed by atoms with Crippen LogP contribution in [0.25, 0.3) is 11.0 Å². The van der Waals surface area contributed by atoms with Crippen molar-refractivity contribution in [1.29, 1.82) is 0 Å². The minimum absolute atomic E-state index is 0.655. The molecule has 6 heteroatoms. The lowest BCUT2D eigenvalue weighted by molar-refractivity contribution is 0.0691. The Morgan fingerprint density at radius 3 is 2.95 bits per heavy atom. The van der Waals surface area contributed by atoms with Crippen LogP contribution in [0, 0.1) is 0 Å². The molecule has 0 spiro atoms. The number of rotatable bonds is 9. The van der Waals surface area contributed by atoms with Gasteiger partial charge >= 0.3 is 0 Å². The second-order valence-electron chi connectivity index (χ2n) is 4.62. The topological polar surface area (TPSA) is 56.3 Å². The van der Waals surface area contributed by atoms with E-state index in [2.05, 4.69) is 31.2 Å². The highest BCUT2D eigenvalue weighted by Gasteiger charge is 2.03. The van der Waals surface area contributed by atoms with Gasteiger partial charge in [0.1, 0.15) is 5.52 Å². The molecule has 0 aliphatic rings. The number of pyridine rings is 2. The number of anilines is 1. The van der Waals surface area contributed by atoms with E-state index in [1.54, 1.807) is 19.5 Å². The molecule has 5 nitrogen and oxygen atoms in total. The molecule has 0 saturated heterocycles. The summed E-state index contributed by atoms with van der Waals surface area (Å²) in [6, 6.07) is 3.93. The molecule has 0 aromatic carbocycles. The fraction of sp³-hybridized carbons (Fsp3) is 0.467. The van der Waals surface area contributed by atoms with Gasteiger partial charge in [-0.2, -0.15) is 0 Å². The Balaban J connectivity index is 1.76. The molecule has 0 unspecified atom stereocenters. The van der Waals surface area contributed by atoms with E-state index in [0.29, 0.717) is 13.2 Å². The van der Waals surface area contributed by atoms with Gasteiger partial charge in [0.2, 0.25) is 0 Å². The van der Waals surface area contributed by atoms with Gasteiger partial charge in [0.25, 0.3) is 0 Å². The molecule has 0 aliphatic carbocycles. The Labute approximate surface area is 133 Å². The van der Waals surface area contributed by atoms with Gasteiger partial charge in [0, 0.05) is 37.1 Å². The van der Waals surface area contributed by atoms with Crippen molar-refractivity contribution in [3.05, 3.63) is 29.0 Å². The minimum atomic E-state index is 0.655. The van der Waals surface area contributed by atoms with Crippen LogP contribution < -0.4 is 5.32 Å². The third kappa shape index (κ3) is 5.22. The van der Waals surface area contributed by atoms with Gasteiger partial charge in [-0.25, -0.2) is 0 Å². The first kappa shape index (κ1) is 16.1. The number of aromatic nitrogens is 2. The summed E-state index contributed by atoms with van der Waals surface area (Å²) in [5, 5.41) is 3.41. The van der Waals surface area contributed by atoms with Crippen LogP contribution in [-0.2, 0) is 9.47 Å². The lowest BCUT2D eigenvalue weighted by atomic mass is 10.2. The number of hydrogen-bond acceptors (Lipinski definition) is 5. The monoisotopic (exact) mass is 353 g/mol. The van der Waals surface area contributed by atoms with Crippen molar-refractivity contribution in [3.63, 3.8) is 0 Å². The van der Waals surface area contributed by atoms with Gasteiger partial charge in [-0.05, 0) is 40.9 Å². The van der Waals surface area contributed by atoms with Crippen LogP contribution in [0.5, 0.6) is 0 Å². The molecule has 0 fully saturated rings. The van der Waals surface area contributed by atoms with Gasteiger partial charge in [-0.1, -0.05) is 0 Å². The zero-order chi connectivity index (χ0) is 14.9. The SMILES string of the molecule is COCCOCCCCNc1ccnc2cc(Br)cnc12. The summed E-state index contributed by atoms with van der Waals surface area (Å²) in [6.07, 6.45) is 5.66. The van der Waals surface area contributed by atoms with Gasteiger partial charge in [-0.15, -0.1) is 0 Å². The molecule has 2 rings (SSSR count). The number of methoxy groups -OCH3 is 1. The predicted molar refractivity (Wildman–Crippen MR) is 87.7 cm³/mol. The predicted octanol–water partition coefficient (Wildman–Crippen LogP) is 3.25. The second kappa shape index (κ2) is 8.92. The zero-order valence-electron chi connectivity index (χ0n) is 12.1. The average molecular weight is 354 g/mol. The maximum absolute atomic E-state index is 5.43. The molecule has 0 radical (unpaired) electrons. The number of unbranched alkanes of at least 4 members (excludes halogenated alkanes) is 1. The molecule has 0 saturated carbocycles. The van der Waals surface area contributed by atoms with Crippen LogP contribution in [0.15, 0.2) is 29.0 Å². The Kier molecular flexibility index (Phi) is 6.85. The number of ether oxygens (including phenoxy) is 2. The summed E-state index contributed by atoms with van der Waals surface area (Å²) >= 11 is 3.41. The number of halogens is 1. The van der Waals surface area contributed by atoms with Crippen LogP contribution >= 0.6 is 15.9 Å². The van der Waals surface area contributed by atoms with Crippen LogP contribution in [0.3, 0.4) is 0 Å². The first-order valence-electron chi connectivity index (χ1n) is 7.02. The molecule has 0 amide bonds. The lowest BCUT2D eigenvalue weighted by Gasteiger charge is -2.09. The average Bonchev–Trinajstić information content (AvgIpc) is 2.49. The van der Waals surface area contributed by atoms with Crippen LogP contribution in [0.4, 0.5) is 5.69 Å². The largest absolute Gasteiger partial charge is 0.383 e. The summed E-state index contributed by atoms with van der Waals surface area (Å²) in [4.78, 5) is 8.74. The van der Waals surface area contributed by atoms with E-state index in [0.717, 1.165) is 47.2 Å². The molecule has 114 valence electrons. The highest BCUT2D eigenvalue weighted by atomic mass is 79.9. The summed E-state index contributed by atoms with van der Waals surface area (Å²) in [6.45, 7) is 2.98. The van der Waals surface area contributed by atoms with Gasteiger partial charge in [0.05, 0.1) is 24.4 Å². The van der Waals surface area contributed by atoms with E-state index in [4.69, 9.17) is 9.47 Å². The summed E-state index contributed by atoms with van der Waals surface area (Å²) in [5.74, 6) is 0. The van der Waals surface area contributed by atoms with Crippen molar-refractivity contribution >= 4 is 32.7 Å². The fourth-order valence-electron chi connectivity index (χ4n) is 1.94. The molecule has 0 atom stereocenters. The number of nitrogens with zero attached hydrogens (tertiary/aromatic N) is 2. The first-order chi connectivity index (χ1) is 10.3. The number of fused-ring (bicyclic) bond motifs is 1. The summed E-state index contributed by atoms with van der Waals surface area (Å²) in [5.41, 5.74) is 2.81. The summed E-state index contributed by atoms with van der Waals surface area (Å²) < 4.78 is 11.3. The van der Waals surface area contributed by atoms with Crippen molar-refractivity contribution in [3.8, 4) is 0 Å². The van der Waals surface area contributed by atoms with E-state index >= 15 is 0 Å². The molecule has 1 N–H and O–H groups in total. The molecule has 21 heavy (non-hydrogen) atoms. The minimum Gasteiger partial charge on any atom is -0.383 e. The third-order valence-electron chi connectivity index (χ3n) is 3.01. The van der Waals surface area contributed by atoms with E-state index in [1.807, 2.05) is 12.1 Å². The van der Waals surface area contributed by atoms with Crippen molar-refractivity contribution in [2.45, 2.75) is 12.8 Å². The van der Waals surface area contributed by atoms with Crippen molar-refractivity contribution in [1.82, 2.24) is 9.97 Å². The molecule has 2 heterocycles. The van der Waals surface area contributed by atoms with Gasteiger partial charge < -0.3 is 14.8 Å². The summed E-state index contributed by atoms with van der Waals surface area (Å²) in [7, 11) is 1.68. The first-order valence-corrected chi connectivity index (χ1v) is 7.81. The maximum atomic E-state index is 5.43.